The zero-order valence-electron chi connectivity index (χ0n) is 17.8. The average Bonchev–Trinajstić information content (AvgIpc) is 2.79. The summed E-state index contributed by atoms with van der Waals surface area (Å²) < 4.78 is 59.6. The lowest BCUT2D eigenvalue weighted by atomic mass is 10.1. The fourth-order valence-corrected chi connectivity index (χ4v) is 4.28. The summed E-state index contributed by atoms with van der Waals surface area (Å²) in [5, 5.41) is 12.3. The number of piperazine rings is 1. The molecule has 1 aliphatic heterocycles. The molecule has 14 heteroatoms. The Balaban J connectivity index is 0.000000406. The highest BCUT2D eigenvalue weighted by Gasteiger charge is 2.38. The molecule has 2 aromatic heterocycles. The van der Waals surface area contributed by atoms with E-state index in [-0.39, 0.29) is 10.7 Å². The van der Waals surface area contributed by atoms with E-state index in [1.807, 2.05) is 12.1 Å². The summed E-state index contributed by atoms with van der Waals surface area (Å²) in [6, 6.07) is 8.74. The minimum Gasteiger partial charge on any atom is -0.475 e. The van der Waals surface area contributed by atoms with Gasteiger partial charge >= 0.3 is 12.1 Å². The third kappa shape index (κ3) is 6.08. The highest BCUT2D eigenvalue weighted by Crippen LogP contribution is 2.28. The van der Waals surface area contributed by atoms with E-state index in [0.717, 1.165) is 36.2 Å². The number of aliphatic carboxylic acids is 1. The molecule has 10 nitrogen and oxygen atoms in total. The first-order chi connectivity index (χ1) is 16.0. The van der Waals surface area contributed by atoms with Crippen LogP contribution >= 0.6 is 0 Å². The van der Waals surface area contributed by atoms with E-state index in [1.165, 1.54) is 18.6 Å². The van der Waals surface area contributed by atoms with E-state index in [2.05, 4.69) is 36.8 Å². The number of pyridine rings is 1. The van der Waals surface area contributed by atoms with Crippen molar-refractivity contribution in [3.63, 3.8) is 0 Å². The molecule has 0 radical (unpaired) electrons. The number of carboxylic acids is 1. The van der Waals surface area contributed by atoms with E-state index in [0.29, 0.717) is 6.04 Å². The molecule has 3 aromatic rings. The summed E-state index contributed by atoms with van der Waals surface area (Å²) in [4.78, 5) is 23.6. The number of aromatic nitrogens is 3. The average molecular weight is 498 g/mol. The first-order valence-corrected chi connectivity index (χ1v) is 11.4. The molecule has 1 saturated heterocycles. The van der Waals surface area contributed by atoms with Crippen molar-refractivity contribution in [1.82, 2.24) is 20.3 Å². The highest BCUT2D eigenvalue weighted by molar-refractivity contribution is 7.92. The van der Waals surface area contributed by atoms with E-state index in [1.54, 1.807) is 18.3 Å². The van der Waals surface area contributed by atoms with Crippen LogP contribution in [0.3, 0.4) is 0 Å². The maximum absolute atomic E-state index is 12.7. The van der Waals surface area contributed by atoms with Gasteiger partial charge in [-0.25, -0.2) is 28.2 Å². The number of carbonyl (C=O) groups is 1. The fourth-order valence-electron chi connectivity index (χ4n) is 3.24. The Kier molecular flexibility index (Phi) is 7.51. The van der Waals surface area contributed by atoms with Crippen LogP contribution in [-0.2, 0) is 14.8 Å². The molecule has 0 bridgehead atoms. The van der Waals surface area contributed by atoms with Crippen molar-refractivity contribution in [1.29, 1.82) is 0 Å². The summed E-state index contributed by atoms with van der Waals surface area (Å²) in [5.41, 5.74) is 0. The molecule has 4 rings (SSSR count). The van der Waals surface area contributed by atoms with Crippen molar-refractivity contribution in [3.05, 3.63) is 49.1 Å². The van der Waals surface area contributed by atoms with E-state index in [9.17, 15) is 21.6 Å². The normalized spacial score (nSPS) is 16.5. The first kappa shape index (κ1) is 25.1. The van der Waals surface area contributed by atoms with Gasteiger partial charge in [0.25, 0.3) is 10.0 Å². The fraction of sp³-hybridized carbons (Fsp3) is 0.300. The molecule has 1 aromatic carbocycles. The summed E-state index contributed by atoms with van der Waals surface area (Å²) >= 11 is 0. The second kappa shape index (κ2) is 10.2. The predicted octanol–water partition coefficient (Wildman–Crippen LogP) is 2.26. The topological polar surface area (TPSA) is 137 Å². The molecule has 0 spiro atoms. The monoisotopic (exact) mass is 498 g/mol. The number of hydrogen-bond donors (Lipinski definition) is 3. The van der Waals surface area contributed by atoms with Crippen LogP contribution in [0.2, 0.25) is 0 Å². The molecular formula is C20H21F3N6O4S. The Morgan fingerprint density at radius 1 is 1.21 bits per heavy atom. The van der Waals surface area contributed by atoms with Gasteiger partial charge in [0, 0.05) is 43.5 Å². The van der Waals surface area contributed by atoms with Gasteiger partial charge in [0.2, 0.25) is 0 Å². The smallest absolute Gasteiger partial charge is 0.475 e. The number of fused-ring (bicyclic) bond motifs is 1. The molecule has 182 valence electrons. The number of rotatable bonds is 4. The highest BCUT2D eigenvalue weighted by atomic mass is 32.2. The Hall–Kier alpha value is -3.52. The molecule has 1 fully saturated rings. The van der Waals surface area contributed by atoms with Crippen molar-refractivity contribution in [2.45, 2.75) is 24.0 Å². The number of hydrogen-bond acceptors (Lipinski definition) is 8. The van der Waals surface area contributed by atoms with Crippen LogP contribution < -0.4 is 14.9 Å². The SMILES string of the molecule is CC1CNCCN1c1nccc2cc(S(=O)(=O)Nc3ccncn3)ccc12.O=C(O)C(F)(F)F. The van der Waals surface area contributed by atoms with Crippen LogP contribution in [0.1, 0.15) is 6.92 Å². The van der Waals surface area contributed by atoms with Gasteiger partial charge < -0.3 is 15.3 Å². The third-order valence-corrected chi connectivity index (χ3v) is 6.21. The van der Waals surface area contributed by atoms with E-state index >= 15 is 0 Å². The number of nitrogens with zero attached hydrogens (tertiary/aromatic N) is 4. The number of sulfonamides is 1. The van der Waals surface area contributed by atoms with Gasteiger partial charge in [0.15, 0.2) is 0 Å². The predicted molar refractivity (Wildman–Crippen MR) is 118 cm³/mol. The van der Waals surface area contributed by atoms with Gasteiger partial charge in [0.05, 0.1) is 4.90 Å². The van der Waals surface area contributed by atoms with Gasteiger partial charge in [0.1, 0.15) is 18.0 Å². The molecule has 1 unspecified atom stereocenters. The minimum atomic E-state index is -5.08. The maximum Gasteiger partial charge on any atom is 0.490 e. The van der Waals surface area contributed by atoms with Gasteiger partial charge in [-0.15, -0.1) is 0 Å². The molecule has 1 aliphatic rings. The van der Waals surface area contributed by atoms with Crippen LogP contribution in [-0.4, -0.2) is 66.3 Å². The van der Waals surface area contributed by atoms with Crippen molar-refractivity contribution in [3.8, 4) is 0 Å². The summed E-state index contributed by atoms with van der Waals surface area (Å²) in [5.74, 6) is -1.64. The van der Waals surface area contributed by atoms with Crippen LogP contribution in [0.4, 0.5) is 24.8 Å². The Morgan fingerprint density at radius 2 is 1.94 bits per heavy atom. The van der Waals surface area contributed by atoms with Crippen molar-refractivity contribution in [2.75, 3.05) is 29.3 Å². The van der Waals surface area contributed by atoms with Crippen molar-refractivity contribution in [2.24, 2.45) is 0 Å². The van der Waals surface area contributed by atoms with E-state index < -0.39 is 22.2 Å². The van der Waals surface area contributed by atoms with E-state index in [4.69, 9.17) is 9.90 Å². The number of nitrogens with one attached hydrogen (secondary N) is 2. The molecule has 3 N–H and O–H groups in total. The molecule has 0 amide bonds. The van der Waals surface area contributed by atoms with Gasteiger partial charge in [-0.05, 0) is 42.6 Å². The van der Waals surface area contributed by atoms with Crippen LogP contribution in [0, 0.1) is 0 Å². The molecular weight excluding hydrogens is 477 g/mol. The summed E-state index contributed by atoms with van der Waals surface area (Å²) in [7, 11) is -3.74. The lowest BCUT2D eigenvalue weighted by molar-refractivity contribution is -0.192. The summed E-state index contributed by atoms with van der Waals surface area (Å²) in [6.07, 6.45) is -0.580. The molecule has 3 heterocycles. The molecule has 0 saturated carbocycles. The summed E-state index contributed by atoms with van der Waals surface area (Å²) in [6.45, 7) is 4.81. The van der Waals surface area contributed by atoms with Gasteiger partial charge in [-0.2, -0.15) is 13.2 Å². The Morgan fingerprint density at radius 3 is 2.56 bits per heavy atom. The minimum absolute atomic E-state index is 0.180. The standard InChI is InChI=1S/C18H20N6O2S.C2HF3O2/c1-13-11-19-8-9-24(13)18-16-3-2-15(10-14(16)4-7-21-18)27(25,26)23-17-5-6-20-12-22-17;3-2(4,5)1(6)7/h2-7,10,12-13,19H,8-9,11H2,1H3,(H,20,22,23);(H,6,7). The number of benzene rings is 1. The van der Waals surface area contributed by atoms with Crippen LogP contribution in [0.15, 0.2) is 53.9 Å². The second-order valence-electron chi connectivity index (χ2n) is 7.27. The third-order valence-electron chi connectivity index (χ3n) is 4.86. The number of alkyl halides is 3. The Labute approximate surface area is 192 Å². The molecule has 34 heavy (non-hydrogen) atoms. The Bertz CT molecular complexity index is 1260. The second-order valence-corrected chi connectivity index (χ2v) is 8.95. The lowest BCUT2D eigenvalue weighted by Crippen LogP contribution is -2.50. The number of halogens is 3. The zero-order valence-corrected chi connectivity index (χ0v) is 18.6. The number of carboxylic acid groups (broad SMARTS) is 1. The van der Waals surface area contributed by atoms with Crippen molar-refractivity contribution >= 4 is 38.4 Å². The zero-order chi connectivity index (χ0) is 24.9. The van der Waals surface area contributed by atoms with Crippen LogP contribution in [0.25, 0.3) is 10.8 Å². The van der Waals surface area contributed by atoms with Crippen molar-refractivity contribution < 1.29 is 31.5 Å². The lowest BCUT2D eigenvalue weighted by Gasteiger charge is -2.35. The maximum atomic E-state index is 12.7. The molecule has 0 aliphatic carbocycles. The largest absolute Gasteiger partial charge is 0.490 e. The first-order valence-electron chi connectivity index (χ1n) is 9.94. The van der Waals surface area contributed by atoms with Gasteiger partial charge in [-0.3, -0.25) is 4.72 Å². The number of anilines is 2. The quantitative estimate of drug-likeness (QED) is 0.495. The van der Waals surface area contributed by atoms with Gasteiger partial charge in [-0.1, -0.05) is 0 Å². The molecule has 1 atom stereocenters. The van der Waals surface area contributed by atoms with Crippen LogP contribution in [0.5, 0.6) is 0 Å².